The average molecular weight is 294 g/mol. The fraction of sp³-hybridized carbons (Fsp3) is 0.643. The highest BCUT2D eigenvalue weighted by molar-refractivity contribution is 8.00. The molecule has 1 amide bonds. The van der Waals surface area contributed by atoms with Crippen molar-refractivity contribution in [2.24, 2.45) is 0 Å². The van der Waals surface area contributed by atoms with Crippen molar-refractivity contribution in [1.82, 2.24) is 14.9 Å². The zero-order valence-electron chi connectivity index (χ0n) is 12.1. The molecule has 1 N–H and O–H groups in total. The lowest BCUT2D eigenvalue weighted by molar-refractivity contribution is 0.0754. The van der Waals surface area contributed by atoms with Gasteiger partial charge in [-0.15, -0.1) is 0 Å². The van der Waals surface area contributed by atoms with Crippen LogP contribution in [-0.4, -0.2) is 51.4 Å². The van der Waals surface area contributed by atoms with Crippen LogP contribution in [0.2, 0.25) is 0 Å². The molecule has 1 aliphatic rings. The van der Waals surface area contributed by atoms with Crippen LogP contribution in [0, 0.1) is 0 Å². The van der Waals surface area contributed by atoms with Crippen LogP contribution >= 0.6 is 11.8 Å². The van der Waals surface area contributed by atoms with Crippen LogP contribution in [-0.2, 0) is 0 Å². The molecule has 5 nitrogen and oxygen atoms in total. The summed E-state index contributed by atoms with van der Waals surface area (Å²) in [5, 5.41) is 3.71. The zero-order valence-corrected chi connectivity index (χ0v) is 12.9. The Morgan fingerprint density at radius 2 is 2.35 bits per heavy atom. The number of thioether (sulfide) groups is 1. The average Bonchev–Trinajstić information content (AvgIpc) is 2.52. The second-order valence-electron chi connectivity index (χ2n) is 4.87. The third-order valence-electron chi connectivity index (χ3n) is 3.29. The van der Waals surface area contributed by atoms with Crippen LogP contribution < -0.4 is 5.32 Å². The van der Waals surface area contributed by atoms with Gasteiger partial charge in [0.05, 0.1) is 12.4 Å². The molecular formula is C14H22N4OS. The largest absolute Gasteiger partial charge is 0.369 e. The number of carbonyl (C=O) groups is 1. The fourth-order valence-corrected chi connectivity index (χ4v) is 3.30. The van der Waals surface area contributed by atoms with E-state index in [0.29, 0.717) is 16.8 Å². The van der Waals surface area contributed by atoms with E-state index >= 15 is 0 Å². The molecular weight excluding hydrogens is 272 g/mol. The van der Waals surface area contributed by atoms with Crippen molar-refractivity contribution < 1.29 is 4.79 Å². The first-order valence-corrected chi connectivity index (χ1v) is 8.26. The first-order chi connectivity index (χ1) is 9.74. The van der Waals surface area contributed by atoms with Gasteiger partial charge in [-0.3, -0.25) is 9.78 Å². The predicted molar refractivity (Wildman–Crippen MR) is 83.3 cm³/mol. The van der Waals surface area contributed by atoms with Crippen LogP contribution in [0.5, 0.6) is 0 Å². The molecule has 0 aliphatic carbocycles. The minimum absolute atomic E-state index is 0.00333. The number of anilines is 1. The van der Waals surface area contributed by atoms with Crippen LogP contribution in [0.3, 0.4) is 0 Å². The molecule has 1 unspecified atom stereocenters. The topological polar surface area (TPSA) is 58.1 Å². The van der Waals surface area contributed by atoms with E-state index in [4.69, 9.17) is 0 Å². The third-order valence-corrected chi connectivity index (χ3v) is 4.66. The summed E-state index contributed by atoms with van der Waals surface area (Å²) in [6.45, 7) is 6.71. The lowest BCUT2D eigenvalue weighted by Gasteiger charge is -2.31. The molecule has 0 aromatic carbocycles. The van der Waals surface area contributed by atoms with Crippen molar-refractivity contribution in [2.75, 3.05) is 30.7 Å². The predicted octanol–water partition coefficient (Wildman–Crippen LogP) is 2.27. The summed E-state index contributed by atoms with van der Waals surface area (Å²) < 4.78 is 0. The summed E-state index contributed by atoms with van der Waals surface area (Å²) in [5.74, 6) is 1.68. The van der Waals surface area contributed by atoms with Gasteiger partial charge in [0.15, 0.2) is 0 Å². The Kier molecular flexibility index (Phi) is 5.64. The van der Waals surface area contributed by atoms with Gasteiger partial charge in [0, 0.05) is 30.6 Å². The Balaban J connectivity index is 2.04. The summed E-state index contributed by atoms with van der Waals surface area (Å²) in [5.41, 5.74) is 0.438. The Bertz CT molecular complexity index is 455. The fourth-order valence-electron chi connectivity index (χ4n) is 2.12. The Hall–Kier alpha value is -1.30. The monoisotopic (exact) mass is 294 g/mol. The minimum atomic E-state index is -0.00333. The van der Waals surface area contributed by atoms with Crippen LogP contribution in [0.1, 0.15) is 37.2 Å². The number of nitrogens with zero attached hydrogens (tertiary/aromatic N) is 3. The summed E-state index contributed by atoms with van der Waals surface area (Å²) in [4.78, 5) is 22.9. The summed E-state index contributed by atoms with van der Waals surface area (Å²) >= 11 is 1.95. The van der Waals surface area contributed by atoms with Gasteiger partial charge >= 0.3 is 0 Å². The number of nitrogens with one attached hydrogen (secondary N) is 1. The number of hydrogen-bond acceptors (Lipinski definition) is 5. The number of amides is 1. The highest BCUT2D eigenvalue weighted by Gasteiger charge is 2.24. The van der Waals surface area contributed by atoms with Crippen molar-refractivity contribution in [2.45, 2.75) is 31.9 Å². The van der Waals surface area contributed by atoms with Gasteiger partial charge in [0.1, 0.15) is 11.5 Å². The molecule has 1 aromatic rings. The lowest BCUT2D eigenvalue weighted by atomic mass is 10.2. The molecule has 0 saturated carbocycles. The van der Waals surface area contributed by atoms with E-state index in [1.807, 2.05) is 16.7 Å². The SMILES string of the molecule is CCCNc1cncc(C(=O)N2CCSC(CC)C2)n1. The lowest BCUT2D eigenvalue weighted by Crippen LogP contribution is -2.42. The van der Waals surface area contributed by atoms with Crippen molar-refractivity contribution >= 4 is 23.5 Å². The molecule has 1 saturated heterocycles. The van der Waals surface area contributed by atoms with E-state index in [2.05, 4.69) is 29.1 Å². The summed E-state index contributed by atoms with van der Waals surface area (Å²) in [6, 6.07) is 0. The van der Waals surface area contributed by atoms with Gasteiger partial charge in [0.25, 0.3) is 5.91 Å². The third kappa shape index (κ3) is 3.85. The van der Waals surface area contributed by atoms with Crippen molar-refractivity contribution in [1.29, 1.82) is 0 Å². The van der Waals surface area contributed by atoms with Crippen molar-refractivity contribution in [3.8, 4) is 0 Å². The van der Waals surface area contributed by atoms with Crippen LogP contribution in [0.15, 0.2) is 12.4 Å². The second kappa shape index (κ2) is 7.47. The molecule has 1 atom stereocenters. The quantitative estimate of drug-likeness (QED) is 0.902. The first kappa shape index (κ1) is 15.1. The van der Waals surface area contributed by atoms with Gasteiger partial charge in [-0.2, -0.15) is 11.8 Å². The summed E-state index contributed by atoms with van der Waals surface area (Å²) in [7, 11) is 0. The minimum Gasteiger partial charge on any atom is -0.369 e. The Morgan fingerprint density at radius 1 is 1.50 bits per heavy atom. The van der Waals surface area contributed by atoms with E-state index in [1.54, 1.807) is 12.4 Å². The maximum atomic E-state index is 12.5. The van der Waals surface area contributed by atoms with Crippen molar-refractivity contribution in [3.05, 3.63) is 18.1 Å². The maximum Gasteiger partial charge on any atom is 0.274 e. The Morgan fingerprint density at radius 3 is 3.10 bits per heavy atom. The van der Waals surface area contributed by atoms with Gasteiger partial charge in [0.2, 0.25) is 0 Å². The van der Waals surface area contributed by atoms with E-state index in [1.165, 1.54) is 0 Å². The molecule has 0 radical (unpaired) electrons. The number of hydrogen-bond donors (Lipinski definition) is 1. The van der Waals surface area contributed by atoms with E-state index < -0.39 is 0 Å². The first-order valence-electron chi connectivity index (χ1n) is 7.21. The highest BCUT2D eigenvalue weighted by Crippen LogP contribution is 2.22. The molecule has 0 bridgehead atoms. The summed E-state index contributed by atoms with van der Waals surface area (Å²) in [6.07, 6.45) is 5.33. The highest BCUT2D eigenvalue weighted by atomic mass is 32.2. The molecule has 110 valence electrons. The zero-order chi connectivity index (χ0) is 14.4. The molecule has 0 spiro atoms. The van der Waals surface area contributed by atoms with E-state index in [-0.39, 0.29) is 5.91 Å². The smallest absolute Gasteiger partial charge is 0.274 e. The number of rotatable bonds is 5. The van der Waals surface area contributed by atoms with E-state index in [9.17, 15) is 4.79 Å². The molecule has 1 fully saturated rings. The molecule has 2 rings (SSSR count). The maximum absolute atomic E-state index is 12.5. The Labute approximate surface area is 124 Å². The number of aromatic nitrogens is 2. The standard InChI is InChI=1S/C14H22N4OS/c1-3-5-16-13-9-15-8-12(17-13)14(19)18-6-7-20-11(4-2)10-18/h8-9,11H,3-7,10H2,1-2H3,(H,16,17). The molecule has 6 heteroatoms. The number of carbonyl (C=O) groups excluding carboxylic acids is 1. The van der Waals surface area contributed by atoms with Gasteiger partial charge in [-0.1, -0.05) is 13.8 Å². The normalized spacial score (nSPS) is 18.9. The van der Waals surface area contributed by atoms with Crippen molar-refractivity contribution in [3.63, 3.8) is 0 Å². The van der Waals surface area contributed by atoms with E-state index in [0.717, 1.165) is 38.2 Å². The van der Waals surface area contributed by atoms with Gasteiger partial charge in [-0.05, 0) is 12.8 Å². The molecule has 1 aromatic heterocycles. The molecule has 2 heterocycles. The second-order valence-corrected chi connectivity index (χ2v) is 6.28. The molecule has 20 heavy (non-hydrogen) atoms. The molecule has 1 aliphatic heterocycles. The van der Waals surface area contributed by atoms with Crippen LogP contribution in [0.25, 0.3) is 0 Å². The van der Waals surface area contributed by atoms with Gasteiger partial charge < -0.3 is 10.2 Å². The van der Waals surface area contributed by atoms with Crippen LogP contribution in [0.4, 0.5) is 5.82 Å². The van der Waals surface area contributed by atoms with Gasteiger partial charge in [-0.25, -0.2) is 4.98 Å².